The summed E-state index contributed by atoms with van der Waals surface area (Å²) >= 11 is 0. The number of allylic oxidation sites excluding steroid dienone is 4. The van der Waals surface area contributed by atoms with Crippen LogP contribution in [0.25, 0.3) is 16.6 Å². The van der Waals surface area contributed by atoms with Crippen LogP contribution >= 0.6 is 0 Å². The topological polar surface area (TPSA) is 116 Å². The van der Waals surface area contributed by atoms with Gasteiger partial charge in [-0.1, -0.05) is 51.3 Å². The van der Waals surface area contributed by atoms with E-state index in [0.717, 1.165) is 71.2 Å². The molecule has 1 saturated heterocycles. The Labute approximate surface area is 270 Å². The minimum Gasteiger partial charge on any atom is -0.400 e. The second-order valence-electron chi connectivity index (χ2n) is 12.3. The summed E-state index contributed by atoms with van der Waals surface area (Å²) in [6.45, 7) is 18.1. The lowest BCUT2D eigenvalue weighted by atomic mass is 9.92. The quantitative estimate of drug-likeness (QED) is 0.191. The number of nitrogens with two attached hydrogens (primary N) is 2. The van der Waals surface area contributed by atoms with E-state index in [1.807, 2.05) is 37.9 Å². The van der Waals surface area contributed by atoms with Crippen molar-refractivity contribution in [3.05, 3.63) is 70.0 Å². The predicted octanol–water partition coefficient (Wildman–Crippen LogP) is 6.91. The Morgan fingerprint density at radius 2 is 1.82 bits per heavy atom. The normalized spacial score (nSPS) is 17.6. The molecule has 0 spiro atoms. The first-order chi connectivity index (χ1) is 21.3. The number of benzene rings is 1. The monoisotopic (exact) mass is 623 g/mol. The van der Waals surface area contributed by atoms with Gasteiger partial charge in [-0.05, 0) is 91.7 Å². The maximum atomic E-state index is 15.1. The number of nitrogens with one attached hydrogen (secondary N) is 2. The molecule has 0 bridgehead atoms. The molecule has 3 rings (SSSR count). The third kappa shape index (κ3) is 9.70. The summed E-state index contributed by atoms with van der Waals surface area (Å²) < 4.78 is 15.1. The lowest BCUT2D eigenvalue weighted by molar-refractivity contribution is -0.120. The van der Waals surface area contributed by atoms with Gasteiger partial charge in [0.25, 0.3) is 0 Å². The number of carbonyl (C=O) groups is 1. The third-order valence-corrected chi connectivity index (χ3v) is 9.00. The number of likely N-dealkylation sites (N-methyl/N-ethyl adjacent to an activating group) is 1. The summed E-state index contributed by atoms with van der Waals surface area (Å²) in [6, 6.07) is 3.93. The van der Waals surface area contributed by atoms with Crippen LogP contribution in [0.1, 0.15) is 91.7 Å². The summed E-state index contributed by atoms with van der Waals surface area (Å²) in [6.07, 6.45) is 10.3. The molecule has 45 heavy (non-hydrogen) atoms. The summed E-state index contributed by atoms with van der Waals surface area (Å²) in [7, 11) is 4.08. The number of H-pyrrole nitrogens is 1. The fourth-order valence-electron chi connectivity index (χ4n) is 5.35. The van der Waals surface area contributed by atoms with Crippen molar-refractivity contribution in [1.29, 1.82) is 0 Å². The molecule has 0 aliphatic carbocycles. The number of hydrogen-bond donors (Lipinski definition) is 4. The van der Waals surface area contributed by atoms with Crippen molar-refractivity contribution in [3.8, 4) is 0 Å². The molecular formula is C36H58FN7O. The number of likely N-dealkylation sites (tertiary alicyclic amines) is 1. The highest BCUT2D eigenvalue weighted by Crippen LogP contribution is 2.36. The number of hydrogen-bond acceptors (Lipinski definition) is 6. The molecule has 1 fully saturated rings. The fourth-order valence-corrected chi connectivity index (χ4v) is 5.35. The molecule has 2 unspecified atom stereocenters. The number of amides is 1. The Morgan fingerprint density at radius 3 is 2.36 bits per heavy atom. The molecule has 1 aliphatic rings. The van der Waals surface area contributed by atoms with E-state index in [1.54, 1.807) is 26.1 Å². The van der Waals surface area contributed by atoms with E-state index in [4.69, 9.17) is 11.5 Å². The number of primary amides is 1. The van der Waals surface area contributed by atoms with Crippen molar-refractivity contribution in [2.24, 2.45) is 17.4 Å². The number of piperidine rings is 1. The molecular weight excluding hydrogens is 565 g/mol. The smallest absolute Gasteiger partial charge is 0.226 e. The van der Waals surface area contributed by atoms with Gasteiger partial charge in [0, 0.05) is 41.0 Å². The van der Waals surface area contributed by atoms with Crippen molar-refractivity contribution in [2.45, 2.75) is 99.6 Å². The van der Waals surface area contributed by atoms with Crippen LogP contribution in [0, 0.1) is 12.8 Å². The number of nitrogens with zero attached hydrogens (tertiary/aromatic N) is 3. The summed E-state index contributed by atoms with van der Waals surface area (Å²) in [5.41, 5.74) is 19.2. The van der Waals surface area contributed by atoms with E-state index in [2.05, 4.69) is 55.2 Å². The fraction of sp³-hybridized carbons (Fsp3) is 0.556. The highest BCUT2D eigenvalue weighted by atomic mass is 19.1. The lowest BCUT2D eigenvalue weighted by Crippen LogP contribution is -2.43. The van der Waals surface area contributed by atoms with Gasteiger partial charge in [-0.3, -0.25) is 9.89 Å². The number of aromatic nitrogens is 2. The summed E-state index contributed by atoms with van der Waals surface area (Å²) in [4.78, 5) is 16.7. The van der Waals surface area contributed by atoms with Crippen molar-refractivity contribution in [2.75, 3.05) is 27.2 Å². The number of halogens is 1. The molecule has 250 valence electrons. The Kier molecular flexibility index (Phi) is 14.9. The van der Waals surface area contributed by atoms with Gasteiger partial charge >= 0.3 is 0 Å². The van der Waals surface area contributed by atoms with E-state index in [-0.39, 0.29) is 17.9 Å². The van der Waals surface area contributed by atoms with Gasteiger partial charge in [0.1, 0.15) is 5.83 Å². The maximum Gasteiger partial charge on any atom is 0.226 e. The molecule has 9 heteroatoms. The molecule has 2 heterocycles. The minimum atomic E-state index is -0.717. The second-order valence-corrected chi connectivity index (χ2v) is 12.3. The van der Waals surface area contributed by atoms with Crippen molar-refractivity contribution in [1.82, 2.24) is 25.3 Å². The van der Waals surface area contributed by atoms with Crippen LogP contribution in [0.2, 0.25) is 0 Å². The molecule has 1 aromatic carbocycles. The Morgan fingerprint density at radius 1 is 1.20 bits per heavy atom. The van der Waals surface area contributed by atoms with E-state index in [9.17, 15) is 4.79 Å². The largest absolute Gasteiger partial charge is 0.400 e. The standard InChI is InChI=1S/C32H48FN7O.C4H10/c1-9-19(3)30(37-24-13-15-39(7)16-14-24)25(17-23(33)10-2)22(6)40(8)31(29(34)21(5)32(35)41)28-20(4)11-12-27-26(28)18-36-38-27;1-3-4-2/h10-12,17-18,21-22,24,37H,9,13-16,34H2,1-8H3,(H2,35,41)(H,36,38);3-4H2,1-2H3/b23-10+,25-17-,30-19-,31-29+;. The van der Waals surface area contributed by atoms with Crippen molar-refractivity contribution in [3.63, 3.8) is 0 Å². The summed E-state index contributed by atoms with van der Waals surface area (Å²) in [5, 5.41) is 12.0. The summed E-state index contributed by atoms with van der Waals surface area (Å²) in [5.74, 6) is -1.55. The van der Waals surface area contributed by atoms with Gasteiger partial charge in [0.05, 0.1) is 29.4 Å². The van der Waals surface area contributed by atoms with Gasteiger partial charge in [-0.2, -0.15) is 5.10 Å². The Hall–Kier alpha value is -3.59. The molecule has 1 aromatic heterocycles. The first kappa shape index (κ1) is 37.6. The zero-order valence-corrected chi connectivity index (χ0v) is 29.4. The first-order valence-electron chi connectivity index (χ1n) is 16.5. The molecule has 0 saturated carbocycles. The molecule has 8 nitrogen and oxygen atoms in total. The van der Waals surface area contributed by atoms with Gasteiger partial charge in [-0.25, -0.2) is 4.39 Å². The lowest BCUT2D eigenvalue weighted by Gasteiger charge is -2.37. The predicted molar refractivity (Wildman–Crippen MR) is 188 cm³/mol. The zero-order valence-electron chi connectivity index (χ0n) is 29.4. The van der Waals surface area contributed by atoms with Crippen LogP contribution < -0.4 is 16.8 Å². The van der Waals surface area contributed by atoms with E-state index in [0.29, 0.717) is 11.4 Å². The number of fused-ring (bicyclic) bond motifs is 1. The highest BCUT2D eigenvalue weighted by Gasteiger charge is 2.29. The number of aryl methyl sites for hydroxylation is 1. The van der Waals surface area contributed by atoms with Gasteiger partial charge < -0.3 is 26.6 Å². The molecule has 6 N–H and O–H groups in total. The van der Waals surface area contributed by atoms with Crippen LogP contribution in [-0.2, 0) is 4.79 Å². The Bertz CT molecular complexity index is 1390. The average Bonchev–Trinajstić information content (AvgIpc) is 3.52. The van der Waals surface area contributed by atoms with Crippen LogP contribution in [0.5, 0.6) is 0 Å². The van der Waals surface area contributed by atoms with Gasteiger partial charge in [0.2, 0.25) is 5.91 Å². The van der Waals surface area contributed by atoms with Crippen LogP contribution in [0.15, 0.2) is 58.8 Å². The van der Waals surface area contributed by atoms with E-state index >= 15 is 4.39 Å². The van der Waals surface area contributed by atoms with Gasteiger partial charge in [0.15, 0.2) is 0 Å². The van der Waals surface area contributed by atoms with Crippen molar-refractivity contribution < 1.29 is 9.18 Å². The Balaban J connectivity index is 0.00000166. The number of carbonyl (C=O) groups excluding carboxylic acids is 1. The average molecular weight is 624 g/mol. The zero-order chi connectivity index (χ0) is 33.8. The molecule has 2 aromatic rings. The minimum absolute atomic E-state index is 0.286. The first-order valence-corrected chi connectivity index (χ1v) is 16.5. The third-order valence-electron chi connectivity index (χ3n) is 9.00. The molecule has 2 atom stereocenters. The number of aromatic amines is 1. The highest BCUT2D eigenvalue weighted by molar-refractivity contribution is 5.94. The maximum absolute atomic E-state index is 15.1. The number of unbranched alkanes of at least 4 members (excludes halogenated alkanes) is 1. The van der Waals surface area contributed by atoms with E-state index < -0.39 is 11.8 Å². The van der Waals surface area contributed by atoms with Gasteiger partial charge in [-0.15, -0.1) is 0 Å². The van der Waals surface area contributed by atoms with Crippen LogP contribution in [0.3, 0.4) is 0 Å². The molecule has 1 aliphatic heterocycles. The number of rotatable bonds is 12. The SMILES string of the molecule is CCCC.C\C=C(F)/C=C(\C(NC1CCN(C)CC1)=C(/C)CC)C(C)N(C)/C(=C(/N)C(C)C(N)=O)c1c(C)ccc2[nH]ncc12. The molecule has 1 amide bonds. The van der Waals surface area contributed by atoms with Crippen molar-refractivity contribution >= 4 is 22.5 Å². The van der Waals surface area contributed by atoms with Crippen LogP contribution in [0.4, 0.5) is 4.39 Å². The second kappa shape index (κ2) is 17.8. The molecule has 0 radical (unpaired) electrons. The van der Waals surface area contributed by atoms with Crippen LogP contribution in [-0.4, -0.2) is 65.2 Å². The van der Waals surface area contributed by atoms with E-state index in [1.165, 1.54) is 18.9 Å².